The Morgan fingerprint density at radius 3 is 3.00 bits per heavy atom. The third-order valence-electron chi connectivity index (χ3n) is 1.97. The van der Waals surface area contributed by atoms with E-state index in [0.717, 1.165) is 10.0 Å². The largest absolute Gasteiger partial charge is 0.383 e. The molecule has 0 aliphatic heterocycles. The summed E-state index contributed by atoms with van der Waals surface area (Å²) in [5, 5.41) is 2.65. The van der Waals surface area contributed by atoms with Crippen LogP contribution in [-0.4, -0.2) is 30.6 Å². The summed E-state index contributed by atoms with van der Waals surface area (Å²) in [5.74, 6) is 0.208. The second kappa shape index (κ2) is 5.93. The normalized spacial score (nSPS) is 12.2. The third kappa shape index (κ3) is 3.55. The van der Waals surface area contributed by atoms with E-state index in [1.54, 1.807) is 6.20 Å². The van der Waals surface area contributed by atoms with Gasteiger partial charge in [0.25, 0.3) is 0 Å². The van der Waals surface area contributed by atoms with Gasteiger partial charge in [-0.15, -0.1) is 0 Å². The van der Waals surface area contributed by atoms with Crippen molar-refractivity contribution < 1.29 is 9.53 Å². The molecule has 0 saturated carbocycles. The average Bonchev–Trinajstić information content (AvgIpc) is 2.22. The maximum atomic E-state index is 11.6. The summed E-state index contributed by atoms with van der Waals surface area (Å²) < 4.78 is 5.66. The molecule has 0 bridgehead atoms. The molecule has 1 aromatic heterocycles. The number of nitrogens with two attached hydrogens (primary N) is 1. The smallest absolute Gasteiger partial charge is 0.244 e. The second-order valence-corrected chi connectivity index (χ2v) is 4.29. The number of amides is 1. The Kier molecular flexibility index (Phi) is 4.85. The van der Waals surface area contributed by atoms with Gasteiger partial charge >= 0.3 is 0 Å². The van der Waals surface area contributed by atoms with Crippen molar-refractivity contribution in [3.8, 4) is 0 Å². The summed E-state index contributed by atoms with van der Waals surface area (Å²) in [6.07, 6.45) is 1.62. The Labute approximate surface area is 103 Å². The zero-order chi connectivity index (χ0) is 12.1. The van der Waals surface area contributed by atoms with Crippen LogP contribution >= 0.6 is 15.9 Å². The minimum Gasteiger partial charge on any atom is -0.383 e. The number of anilines is 1. The van der Waals surface area contributed by atoms with Gasteiger partial charge in [0.2, 0.25) is 5.91 Å². The molecule has 0 fully saturated rings. The van der Waals surface area contributed by atoms with E-state index in [1.807, 2.05) is 13.0 Å². The van der Waals surface area contributed by atoms with Crippen LogP contribution in [0.25, 0.3) is 0 Å². The topological polar surface area (TPSA) is 77.2 Å². The maximum absolute atomic E-state index is 11.6. The first-order valence-corrected chi connectivity index (χ1v) is 5.51. The molecule has 6 heteroatoms. The fraction of sp³-hybridized carbons (Fsp3) is 0.400. The van der Waals surface area contributed by atoms with Gasteiger partial charge in [0.1, 0.15) is 11.9 Å². The number of carbonyl (C=O) groups is 1. The number of halogens is 1. The summed E-state index contributed by atoms with van der Waals surface area (Å²) in [7, 11) is 1.50. The molecule has 1 heterocycles. The number of pyridine rings is 1. The average molecular weight is 288 g/mol. The number of hydrogen-bond donors (Lipinski definition) is 2. The van der Waals surface area contributed by atoms with Crippen molar-refractivity contribution in [2.75, 3.05) is 19.0 Å². The Balaban J connectivity index is 2.69. The lowest BCUT2D eigenvalue weighted by Crippen LogP contribution is -2.39. The molecule has 1 atom stereocenters. The molecule has 0 spiro atoms. The van der Waals surface area contributed by atoms with E-state index in [2.05, 4.69) is 26.2 Å². The van der Waals surface area contributed by atoms with E-state index in [4.69, 9.17) is 10.5 Å². The second-order valence-electron chi connectivity index (χ2n) is 3.37. The van der Waals surface area contributed by atoms with Gasteiger partial charge in [-0.05, 0) is 34.5 Å². The monoisotopic (exact) mass is 287 g/mol. The Hall–Kier alpha value is -0.980. The highest BCUT2D eigenvalue weighted by molar-refractivity contribution is 9.10. The number of rotatable bonds is 4. The number of nitrogens with zero attached hydrogens (tertiary/aromatic N) is 1. The lowest BCUT2D eigenvalue weighted by atomic mass is 10.2. The number of hydrogen-bond acceptors (Lipinski definition) is 4. The van der Waals surface area contributed by atoms with Crippen molar-refractivity contribution in [2.24, 2.45) is 5.73 Å². The standard InChI is InChI=1S/C10H14BrN3O2/c1-6-3-7(11)4-13-9(6)14-10(15)8(12)5-16-2/h3-4,8H,5,12H2,1-2H3,(H,13,14,15). The fourth-order valence-corrected chi connectivity index (χ4v) is 1.58. The molecular weight excluding hydrogens is 274 g/mol. The Morgan fingerprint density at radius 1 is 1.75 bits per heavy atom. The molecule has 0 aliphatic rings. The van der Waals surface area contributed by atoms with E-state index < -0.39 is 6.04 Å². The minimum absolute atomic E-state index is 0.182. The van der Waals surface area contributed by atoms with Gasteiger partial charge in [-0.2, -0.15) is 0 Å². The van der Waals surface area contributed by atoms with Gasteiger partial charge < -0.3 is 15.8 Å². The first-order chi connectivity index (χ1) is 7.54. The fourth-order valence-electron chi connectivity index (χ4n) is 1.14. The first-order valence-electron chi connectivity index (χ1n) is 4.72. The SMILES string of the molecule is COCC(N)C(=O)Nc1ncc(Br)cc1C. The van der Waals surface area contributed by atoms with Crippen molar-refractivity contribution in [3.05, 3.63) is 22.3 Å². The van der Waals surface area contributed by atoms with E-state index in [-0.39, 0.29) is 12.5 Å². The highest BCUT2D eigenvalue weighted by Crippen LogP contribution is 2.16. The van der Waals surface area contributed by atoms with Gasteiger partial charge in [0.15, 0.2) is 0 Å². The molecule has 0 aromatic carbocycles. The highest BCUT2D eigenvalue weighted by atomic mass is 79.9. The summed E-state index contributed by atoms with van der Waals surface area (Å²) in [5.41, 5.74) is 6.45. The minimum atomic E-state index is -0.685. The van der Waals surface area contributed by atoms with Gasteiger partial charge in [0.05, 0.1) is 6.61 Å². The molecule has 16 heavy (non-hydrogen) atoms. The van der Waals surface area contributed by atoms with E-state index >= 15 is 0 Å². The van der Waals surface area contributed by atoms with Crippen LogP contribution in [0, 0.1) is 6.92 Å². The van der Waals surface area contributed by atoms with Gasteiger partial charge in [0, 0.05) is 17.8 Å². The molecule has 1 unspecified atom stereocenters. The van der Waals surface area contributed by atoms with Gasteiger partial charge in [-0.3, -0.25) is 4.79 Å². The van der Waals surface area contributed by atoms with Crippen molar-refractivity contribution >= 4 is 27.7 Å². The molecule has 0 aliphatic carbocycles. The molecule has 3 N–H and O–H groups in total. The van der Waals surface area contributed by atoms with Crippen molar-refractivity contribution in [1.29, 1.82) is 0 Å². The van der Waals surface area contributed by atoms with Crippen LogP contribution in [0.4, 0.5) is 5.82 Å². The number of nitrogens with one attached hydrogen (secondary N) is 1. The lowest BCUT2D eigenvalue weighted by molar-refractivity contribution is -0.118. The summed E-state index contributed by atoms with van der Waals surface area (Å²) >= 11 is 3.30. The number of ether oxygens (including phenoxy) is 1. The van der Waals surface area contributed by atoms with Crippen LogP contribution < -0.4 is 11.1 Å². The molecule has 1 amide bonds. The third-order valence-corrected chi connectivity index (χ3v) is 2.40. The molecule has 1 aromatic rings. The molecule has 5 nitrogen and oxygen atoms in total. The number of methoxy groups -OCH3 is 1. The summed E-state index contributed by atoms with van der Waals surface area (Å²) in [6, 6.07) is 1.18. The Bertz CT molecular complexity index is 384. The van der Waals surface area contributed by atoms with Gasteiger partial charge in [-0.1, -0.05) is 0 Å². The molecule has 1 rings (SSSR count). The maximum Gasteiger partial charge on any atom is 0.244 e. The van der Waals surface area contributed by atoms with E-state index in [0.29, 0.717) is 5.82 Å². The molecular formula is C10H14BrN3O2. The molecule has 0 radical (unpaired) electrons. The van der Waals surface area contributed by atoms with Crippen molar-refractivity contribution in [1.82, 2.24) is 4.98 Å². The zero-order valence-corrected chi connectivity index (χ0v) is 10.7. The first kappa shape index (κ1) is 13.1. The molecule has 88 valence electrons. The number of aryl methyl sites for hydroxylation is 1. The molecule has 0 saturated heterocycles. The van der Waals surface area contributed by atoms with Crippen LogP contribution in [-0.2, 0) is 9.53 Å². The van der Waals surface area contributed by atoms with Crippen LogP contribution in [0.15, 0.2) is 16.7 Å². The number of aromatic nitrogens is 1. The highest BCUT2D eigenvalue weighted by Gasteiger charge is 2.14. The van der Waals surface area contributed by atoms with Crippen LogP contribution in [0.5, 0.6) is 0 Å². The van der Waals surface area contributed by atoms with Crippen molar-refractivity contribution in [3.63, 3.8) is 0 Å². The quantitative estimate of drug-likeness (QED) is 0.868. The predicted molar refractivity (Wildman–Crippen MR) is 65.2 cm³/mol. The predicted octanol–water partition coefficient (Wildman–Crippen LogP) is 1.06. The Morgan fingerprint density at radius 2 is 2.44 bits per heavy atom. The van der Waals surface area contributed by atoms with Crippen LogP contribution in [0.2, 0.25) is 0 Å². The van der Waals surface area contributed by atoms with Gasteiger partial charge in [-0.25, -0.2) is 4.98 Å². The van der Waals surface area contributed by atoms with E-state index in [1.165, 1.54) is 7.11 Å². The van der Waals surface area contributed by atoms with E-state index in [9.17, 15) is 4.79 Å². The zero-order valence-electron chi connectivity index (χ0n) is 9.16. The van der Waals surface area contributed by atoms with Crippen LogP contribution in [0.1, 0.15) is 5.56 Å². The summed E-state index contributed by atoms with van der Waals surface area (Å²) in [6.45, 7) is 2.04. The lowest BCUT2D eigenvalue weighted by Gasteiger charge is -2.12. The van der Waals surface area contributed by atoms with Crippen molar-refractivity contribution in [2.45, 2.75) is 13.0 Å². The summed E-state index contributed by atoms with van der Waals surface area (Å²) in [4.78, 5) is 15.7. The number of carbonyl (C=O) groups excluding carboxylic acids is 1. The van der Waals surface area contributed by atoms with Crippen LogP contribution in [0.3, 0.4) is 0 Å².